The number of piperazine rings is 1. The fourth-order valence-corrected chi connectivity index (χ4v) is 2.72. The molecule has 17 heavy (non-hydrogen) atoms. The Morgan fingerprint density at radius 2 is 1.53 bits per heavy atom. The number of rotatable bonds is 3. The Morgan fingerprint density at radius 3 is 2.12 bits per heavy atom. The monoisotopic (exact) mass is 239 g/mol. The molecule has 0 atom stereocenters. The van der Waals surface area contributed by atoms with Crippen LogP contribution in [0.2, 0.25) is 0 Å². The van der Waals surface area contributed by atoms with Crippen molar-refractivity contribution in [1.82, 2.24) is 14.7 Å². The van der Waals surface area contributed by atoms with Crippen molar-refractivity contribution in [3.05, 3.63) is 0 Å². The molecular weight excluding hydrogens is 214 g/mol. The third-order valence-electron chi connectivity index (χ3n) is 3.98. The summed E-state index contributed by atoms with van der Waals surface area (Å²) in [5.41, 5.74) is 0. The minimum absolute atomic E-state index is 0.336. The lowest BCUT2D eigenvalue weighted by Gasteiger charge is -2.35. The van der Waals surface area contributed by atoms with Crippen molar-refractivity contribution in [2.24, 2.45) is 0 Å². The van der Waals surface area contributed by atoms with Crippen LogP contribution in [0.15, 0.2) is 0 Å². The van der Waals surface area contributed by atoms with Gasteiger partial charge < -0.3 is 9.80 Å². The maximum atomic E-state index is 12.1. The van der Waals surface area contributed by atoms with Crippen molar-refractivity contribution in [3.63, 3.8) is 0 Å². The Bertz CT molecular complexity index is 243. The van der Waals surface area contributed by atoms with Crippen LogP contribution in [0.1, 0.15) is 26.2 Å². The molecule has 2 heterocycles. The first-order chi connectivity index (χ1) is 8.29. The van der Waals surface area contributed by atoms with E-state index >= 15 is 0 Å². The van der Waals surface area contributed by atoms with Crippen molar-refractivity contribution < 1.29 is 4.79 Å². The van der Waals surface area contributed by atoms with Gasteiger partial charge in [0, 0.05) is 26.2 Å². The van der Waals surface area contributed by atoms with Gasteiger partial charge >= 0.3 is 0 Å². The molecule has 0 unspecified atom stereocenters. The summed E-state index contributed by atoms with van der Waals surface area (Å²) in [4.78, 5) is 18.9. The highest BCUT2D eigenvalue weighted by Crippen LogP contribution is 2.09. The number of nitrogens with zero attached hydrogens (tertiary/aromatic N) is 3. The molecule has 0 aromatic carbocycles. The van der Waals surface area contributed by atoms with Crippen LogP contribution in [-0.4, -0.2) is 73.0 Å². The summed E-state index contributed by atoms with van der Waals surface area (Å²) in [6, 6.07) is 0. The van der Waals surface area contributed by atoms with E-state index in [-0.39, 0.29) is 0 Å². The van der Waals surface area contributed by atoms with Gasteiger partial charge in [0.1, 0.15) is 0 Å². The van der Waals surface area contributed by atoms with Crippen LogP contribution in [-0.2, 0) is 4.79 Å². The van der Waals surface area contributed by atoms with E-state index in [1.54, 1.807) is 0 Å². The number of likely N-dealkylation sites (tertiary alicyclic amines) is 1. The van der Waals surface area contributed by atoms with E-state index in [2.05, 4.69) is 16.7 Å². The second-order valence-electron chi connectivity index (χ2n) is 5.15. The lowest BCUT2D eigenvalue weighted by Crippen LogP contribution is -2.51. The first kappa shape index (κ1) is 12.8. The van der Waals surface area contributed by atoms with Crippen LogP contribution < -0.4 is 0 Å². The number of amides is 1. The van der Waals surface area contributed by atoms with Gasteiger partial charge in [-0.2, -0.15) is 0 Å². The molecule has 2 aliphatic heterocycles. The van der Waals surface area contributed by atoms with Gasteiger partial charge in [0.05, 0.1) is 6.54 Å². The minimum Gasteiger partial charge on any atom is -0.339 e. The second-order valence-corrected chi connectivity index (χ2v) is 5.15. The van der Waals surface area contributed by atoms with E-state index in [1.165, 1.54) is 19.3 Å². The SMILES string of the molecule is CCN1CCN(C(=O)CN2CCCCC2)CC1. The average molecular weight is 239 g/mol. The van der Waals surface area contributed by atoms with E-state index in [4.69, 9.17) is 0 Å². The number of likely N-dealkylation sites (N-methyl/N-ethyl adjacent to an activating group) is 1. The topological polar surface area (TPSA) is 26.8 Å². The molecule has 1 amide bonds. The standard InChI is InChI=1S/C13H25N3O/c1-2-14-8-10-16(11-9-14)13(17)12-15-6-4-3-5-7-15/h2-12H2,1H3. The maximum absolute atomic E-state index is 12.1. The Morgan fingerprint density at radius 1 is 0.882 bits per heavy atom. The van der Waals surface area contributed by atoms with Gasteiger partial charge in [0.2, 0.25) is 5.91 Å². The number of hydrogen-bond donors (Lipinski definition) is 0. The van der Waals surface area contributed by atoms with Crippen molar-refractivity contribution >= 4 is 5.91 Å². The van der Waals surface area contributed by atoms with E-state index in [1.807, 2.05) is 4.90 Å². The molecule has 98 valence electrons. The maximum Gasteiger partial charge on any atom is 0.236 e. The highest BCUT2D eigenvalue weighted by Gasteiger charge is 2.22. The Kier molecular flexibility index (Phi) is 4.80. The fourth-order valence-electron chi connectivity index (χ4n) is 2.72. The van der Waals surface area contributed by atoms with Gasteiger partial charge in [-0.1, -0.05) is 13.3 Å². The summed E-state index contributed by atoms with van der Waals surface area (Å²) in [6.45, 7) is 10.1. The van der Waals surface area contributed by atoms with Gasteiger partial charge in [0.15, 0.2) is 0 Å². The molecule has 2 fully saturated rings. The third-order valence-corrected chi connectivity index (χ3v) is 3.98. The van der Waals surface area contributed by atoms with Crippen LogP contribution in [0.4, 0.5) is 0 Å². The molecule has 0 spiro atoms. The first-order valence-electron chi connectivity index (χ1n) is 7.02. The van der Waals surface area contributed by atoms with Crippen molar-refractivity contribution in [2.75, 3.05) is 52.4 Å². The smallest absolute Gasteiger partial charge is 0.236 e. The summed E-state index contributed by atoms with van der Waals surface area (Å²) in [6.07, 6.45) is 3.85. The summed E-state index contributed by atoms with van der Waals surface area (Å²) >= 11 is 0. The number of carbonyl (C=O) groups is 1. The first-order valence-corrected chi connectivity index (χ1v) is 7.02. The predicted octanol–water partition coefficient (Wildman–Crippen LogP) is 0.636. The Labute approximate surface area is 105 Å². The van der Waals surface area contributed by atoms with E-state index in [0.29, 0.717) is 12.5 Å². The van der Waals surface area contributed by atoms with Crippen molar-refractivity contribution in [1.29, 1.82) is 0 Å². The van der Waals surface area contributed by atoms with Gasteiger partial charge in [-0.3, -0.25) is 9.69 Å². The highest BCUT2D eigenvalue weighted by molar-refractivity contribution is 5.78. The van der Waals surface area contributed by atoms with E-state index in [9.17, 15) is 4.79 Å². The largest absolute Gasteiger partial charge is 0.339 e. The fraction of sp³-hybridized carbons (Fsp3) is 0.923. The van der Waals surface area contributed by atoms with Gasteiger partial charge in [0.25, 0.3) is 0 Å². The molecule has 0 aromatic rings. The number of hydrogen-bond acceptors (Lipinski definition) is 3. The minimum atomic E-state index is 0.336. The molecule has 4 heteroatoms. The van der Waals surface area contributed by atoms with E-state index in [0.717, 1.165) is 45.8 Å². The molecule has 0 bridgehead atoms. The number of piperidine rings is 1. The Hall–Kier alpha value is -0.610. The zero-order valence-corrected chi connectivity index (χ0v) is 11.0. The average Bonchev–Trinajstić information content (AvgIpc) is 2.40. The molecule has 0 N–H and O–H groups in total. The molecule has 4 nitrogen and oxygen atoms in total. The Balaban J connectivity index is 1.72. The summed E-state index contributed by atoms with van der Waals surface area (Å²) in [5.74, 6) is 0.336. The van der Waals surface area contributed by atoms with Crippen molar-refractivity contribution in [3.8, 4) is 0 Å². The van der Waals surface area contributed by atoms with E-state index < -0.39 is 0 Å². The van der Waals surface area contributed by atoms with Crippen molar-refractivity contribution in [2.45, 2.75) is 26.2 Å². The lowest BCUT2D eigenvalue weighted by atomic mass is 10.1. The molecule has 2 rings (SSSR count). The predicted molar refractivity (Wildman–Crippen MR) is 69.0 cm³/mol. The summed E-state index contributed by atoms with van der Waals surface area (Å²) in [5, 5.41) is 0. The lowest BCUT2D eigenvalue weighted by molar-refractivity contribution is -0.134. The molecule has 2 saturated heterocycles. The van der Waals surface area contributed by atoms with Crippen LogP contribution in [0, 0.1) is 0 Å². The zero-order chi connectivity index (χ0) is 12.1. The third kappa shape index (κ3) is 3.68. The highest BCUT2D eigenvalue weighted by atomic mass is 16.2. The second kappa shape index (κ2) is 6.36. The molecule has 2 aliphatic rings. The van der Waals surface area contributed by atoms with Gasteiger partial charge in [-0.25, -0.2) is 0 Å². The molecule has 0 aromatic heterocycles. The molecule has 0 radical (unpaired) electrons. The van der Waals surface area contributed by atoms with Gasteiger partial charge in [-0.15, -0.1) is 0 Å². The van der Waals surface area contributed by atoms with Crippen LogP contribution in [0.3, 0.4) is 0 Å². The zero-order valence-electron chi connectivity index (χ0n) is 11.0. The summed E-state index contributed by atoms with van der Waals surface area (Å²) < 4.78 is 0. The quantitative estimate of drug-likeness (QED) is 0.723. The summed E-state index contributed by atoms with van der Waals surface area (Å²) in [7, 11) is 0. The molecular formula is C13H25N3O. The number of carbonyl (C=O) groups excluding carboxylic acids is 1. The van der Waals surface area contributed by atoms with Gasteiger partial charge in [-0.05, 0) is 32.5 Å². The van der Waals surface area contributed by atoms with Crippen LogP contribution >= 0.6 is 0 Å². The molecule has 0 aliphatic carbocycles. The van der Waals surface area contributed by atoms with Crippen LogP contribution in [0.25, 0.3) is 0 Å². The molecule has 0 saturated carbocycles. The normalized spacial score (nSPS) is 23.9. The van der Waals surface area contributed by atoms with Crippen LogP contribution in [0.5, 0.6) is 0 Å².